The first-order valence-corrected chi connectivity index (χ1v) is 11.9. The Morgan fingerprint density at radius 1 is 1.16 bits per heavy atom. The summed E-state index contributed by atoms with van der Waals surface area (Å²) in [4.78, 5) is 27.0. The summed E-state index contributed by atoms with van der Waals surface area (Å²) in [6.07, 6.45) is 1.75. The molecule has 2 amide bonds. The molecule has 1 fully saturated rings. The highest BCUT2D eigenvalue weighted by Gasteiger charge is 2.43. The normalized spacial score (nSPS) is 22.1. The fraction of sp³-hybridized carbons (Fsp3) is 0.409. The lowest BCUT2D eigenvalue weighted by molar-refractivity contribution is -0.142. The minimum atomic E-state index is -3.32. The molecule has 2 aliphatic rings. The highest BCUT2D eigenvalue weighted by atomic mass is 32.2. The molecule has 3 rings (SSSR count). The average Bonchev–Trinajstić information content (AvgIpc) is 3.07. The molecule has 1 saturated heterocycles. The molecule has 0 spiro atoms. The SMILES string of the molecule is CCOc1ccc(C=C2C(=O)N(C3CCS(=O)(=O)C3)C(=O)C(C#N)=C2C)cc1OCC. The van der Waals surface area contributed by atoms with Gasteiger partial charge in [0.05, 0.1) is 30.8 Å². The van der Waals surface area contributed by atoms with E-state index < -0.39 is 27.7 Å². The largest absolute Gasteiger partial charge is 0.490 e. The van der Waals surface area contributed by atoms with Gasteiger partial charge in [-0.3, -0.25) is 14.5 Å². The molecule has 0 N–H and O–H groups in total. The van der Waals surface area contributed by atoms with E-state index in [-0.39, 0.29) is 34.6 Å². The van der Waals surface area contributed by atoms with Crippen molar-refractivity contribution in [3.05, 3.63) is 40.5 Å². The maximum absolute atomic E-state index is 13.2. The smallest absolute Gasteiger partial charge is 0.271 e. The van der Waals surface area contributed by atoms with Gasteiger partial charge in [0, 0.05) is 5.57 Å². The van der Waals surface area contributed by atoms with Crippen LogP contribution in [0.2, 0.25) is 0 Å². The number of nitriles is 1. The minimum Gasteiger partial charge on any atom is -0.490 e. The fourth-order valence-electron chi connectivity index (χ4n) is 3.73. The summed E-state index contributed by atoms with van der Waals surface area (Å²) in [6, 6.07) is 6.29. The number of carbonyl (C=O) groups excluding carboxylic acids is 2. The summed E-state index contributed by atoms with van der Waals surface area (Å²) >= 11 is 0. The Morgan fingerprint density at radius 2 is 1.84 bits per heavy atom. The van der Waals surface area contributed by atoms with Gasteiger partial charge < -0.3 is 9.47 Å². The first-order chi connectivity index (χ1) is 14.7. The Labute approximate surface area is 181 Å². The molecular formula is C22H24N2O6S. The number of hydrogen-bond acceptors (Lipinski definition) is 7. The van der Waals surface area contributed by atoms with Crippen molar-refractivity contribution in [3.8, 4) is 17.6 Å². The Bertz CT molecular complexity index is 1130. The van der Waals surface area contributed by atoms with Crippen molar-refractivity contribution in [3.63, 3.8) is 0 Å². The number of amides is 2. The van der Waals surface area contributed by atoms with Crippen molar-refractivity contribution in [1.29, 1.82) is 5.26 Å². The molecule has 2 aliphatic heterocycles. The minimum absolute atomic E-state index is 0.0883. The van der Waals surface area contributed by atoms with Gasteiger partial charge in [-0.05, 0) is 56.5 Å². The maximum Gasteiger partial charge on any atom is 0.271 e. The number of benzene rings is 1. The van der Waals surface area contributed by atoms with Crippen LogP contribution in [0.5, 0.6) is 11.5 Å². The number of rotatable bonds is 6. The van der Waals surface area contributed by atoms with Gasteiger partial charge >= 0.3 is 0 Å². The molecular weight excluding hydrogens is 420 g/mol. The molecule has 0 aliphatic carbocycles. The third-order valence-corrected chi connectivity index (χ3v) is 6.98. The monoisotopic (exact) mass is 444 g/mol. The van der Waals surface area contributed by atoms with E-state index in [0.717, 1.165) is 4.90 Å². The van der Waals surface area contributed by atoms with Gasteiger partial charge in [0.1, 0.15) is 11.6 Å². The van der Waals surface area contributed by atoms with Crippen LogP contribution in [0.15, 0.2) is 34.9 Å². The third kappa shape index (κ3) is 4.49. The van der Waals surface area contributed by atoms with Gasteiger partial charge in [0.15, 0.2) is 21.3 Å². The number of sulfone groups is 1. The highest BCUT2D eigenvalue weighted by Crippen LogP contribution is 2.33. The van der Waals surface area contributed by atoms with Gasteiger partial charge in [-0.15, -0.1) is 0 Å². The van der Waals surface area contributed by atoms with Crippen molar-refractivity contribution >= 4 is 27.7 Å². The van der Waals surface area contributed by atoms with Gasteiger partial charge in [-0.2, -0.15) is 5.26 Å². The lowest BCUT2D eigenvalue weighted by Crippen LogP contribution is -2.49. The van der Waals surface area contributed by atoms with Crippen LogP contribution in [-0.4, -0.2) is 55.9 Å². The van der Waals surface area contributed by atoms with E-state index in [9.17, 15) is 23.3 Å². The van der Waals surface area contributed by atoms with E-state index in [4.69, 9.17) is 9.47 Å². The Balaban J connectivity index is 2.06. The highest BCUT2D eigenvalue weighted by molar-refractivity contribution is 7.91. The second kappa shape index (κ2) is 8.94. The van der Waals surface area contributed by atoms with Crippen molar-refractivity contribution in [1.82, 2.24) is 4.90 Å². The zero-order valence-electron chi connectivity index (χ0n) is 17.7. The second-order valence-corrected chi connectivity index (χ2v) is 9.51. The van der Waals surface area contributed by atoms with Crippen LogP contribution in [0.3, 0.4) is 0 Å². The Hall–Kier alpha value is -3.12. The molecule has 0 bridgehead atoms. The summed E-state index contributed by atoms with van der Waals surface area (Å²) in [5.74, 6) is -0.637. The van der Waals surface area contributed by atoms with Crippen molar-refractivity contribution in [2.75, 3.05) is 24.7 Å². The molecule has 1 atom stereocenters. The average molecular weight is 445 g/mol. The number of hydrogen-bond donors (Lipinski definition) is 0. The second-order valence-electron chi connectivity index (χ2n) is 7.28. The van der Waals surface area contributed by atoms with Crippen LogP contribution in [0.25, 0.3) is 6.08 Å². The molecule has 1 aromatic rings. The van der Waals surface area contributed by atoms with E-state index in [2.05, 4.69) is 0 Å². The summed E-state index contributed by atoms with van der Waals surface area (Å²) in [6.45, 7) is 6.14. The molecule has 164 valence electrons. The number of ether oxygens (including phenoxy) is 2. The van der Waals surface area contributed by atoms with E-state index >= 15 is 0 Å². The first kappa shape index (κ1) is 22.6. The van der Waals surface area contributed by atoms with Crippen molar-refractivity contribution in [2.45, 2.75) is 33.2 Å². The lowest BCUT2D eigenvalue weighted by atomic mass is 9.92. The zero-order valence-corrected chi connectivity index (χ0v) is 18.5. The van der Waals surface area contributed by atoms with E-state index in [1.807, 2.05) is 19.9 Å². The van der Waals surface area contributed by atoms with Crippen LogP contribution in [0.1, 0.15) is 32.8 Å². The fourth-order valence-corrected chi connectivity index (χ4v) is 5.43. The topological polar surface area (TPSA) is 114 Å². The molecule has 0 saturated carbocycles. The Kier molecular flexibility index (Phi) is 6.51. The van der Waals surface area contributed by atoms with Crippen molar-refractivity contribution < 1.29 is 27.5 Å². The number of carbonyl (C=O) groups is 2. The van der Waals surface area contributed by atoms with Gasteiger partial charge in [-0.1, -0.05) is 6.07 Å². The summed E-state index contributed by atoms with van der Waals surface area (Å²) in [5, 5.41) is 9.53. The molecule has 0 radical (unpaired) electrons. The van der Waals surface area contributed by atoms with Crippen molar-refractivity contribution in [2.24, 2.45) is 0 Å². The van der Waals surface area contributed by atoms with E-state index in [0.29, 0.717) is 30.3 Å². The molecule has 1 aromatic carbocycles. The maximum atomic E-state index is 13.2. The quantitative estimate of drug-likeness (QED) is 0.488. The third-order valence-electron chi connectivity index (χ3n) is 5.22. The summed E-state index contributed by atoms with van der Waals surface area (Å²) < 4.78 is 35.0. The molecule has 0 aromatic heterocycles. The predicted molar refractivity (Wildman–Crippen MR) is 114 cm³/mol. The lowest BCUT2D eigenvalue weighted by Gasteiger charge is -2.31. The van der Waals surface area contributed by atoms with Gasteiger partial charge in [0.2, 0.25) is 0 Å². The molecule has 31 heavy (non-hydrogen) atoms. The van der Waals surface area contributed by atoms with Crippen LogP contribution >= 0.6 is 0 Å². The predicted octanol–water partition coefficient (Wildman–Crippen LogP) is 2.26. The molecule has 1 unspecified atom stereocenters. The molecule has 9 heteroatoms. The number of nitrogens with zero attached hydrogens (tertiary/aromatic N) is 2. The summed E-state index contributed by atoms with van der Waals surface area (Å²) in [5.41, 5.74) is 0.903. The Morgan fingerprint density at radius 3 is 2.42 bits per heavy atom. The van der Waals surface area contributed by atoms with Gasteiger partial charge in [0.25, 0.3) is 11.8 Å². The van der Waals surface area contributed by atoms with E-state index in [1.165, 1.54) is 0 Å². The first-order valence-electron chi connectivity index (χ1n) is 10.0. The van der Waals surface area contributed by atoms with Crippen LogP contribution in [0.4, 0.5) is 0 Å². The van der Waals surface area contributed by atoms with Crippen LogP contribution < -0.4 is 9.47 Å². The van der Waals surface area contributed by atoms with Crippen LogP contribution in [-0.2, 0) is 19.4 Å². The zero-order chi connectivity index (χ0) is 22.8. The molecule has 8 nitrogen and oxygen atoms in total. The number of imide groups is 1. The summed E-state index contributed by atoms with van der Waals surface area (Å²) in [7, 11) is -3.32. The van der Waals surface area contributed by atoms with Gasteiger partial charge in [-0.25, -0.2) is 8.42 Å². The van der Waals surface area contributed by atoms with Crippen LogP contribution in [0, 0.1) is 11.3 Å². The van der Waals surface area contributed by atoms with E-state index in [1.54, 1.807) is 31.2 Å². The standard InChI is InChI=1S/C22H24N2O6S/c1-4-29-19-7-6-15(11-20(19)30-5-2)10-17-14(3)18(12-23)22(26)24(21(17)25)16-8-9-31(27,28)13-16/h6-7,10-11,16H,4-5,8-9,13H2,1-3H3. The molecule has 2 heterocycles.